The van der Waals surface area contributed by atoms with Gasteiger partial charge < -0.3 is 4.74 Å². The van der Waals surface area contributed by atoms with Gasteiger partial charge in [0.15, 0.2) is 0 Å². The number of benzene rings is 1. The molecule has 1 aromatic rings. The second-order valence-electron chi connectivity index (χ2n) is 2.36. The van der Waals surface area contributed by atoms with Crippen molar-refractivity contribution >= 4 is 18.4 Å². The topological polar surface area (TPSA) is 26.3 Å². The summed E-state index contributed by atoms with van der Waals surface area (Å²) in [5, 5.41) is 0. The number of hydrogen-bond acceptors (Lipinski definition) is 2. The molecule has 0 N–H and O–H groups in total. The van der Waals surface area contributed by atoms with Crippen molar-refractivity contribution in [1.82, 2.24) is 0 Å². The van der Waals surface area contributed by atoms with Gasteiger partial charge in [-0.15, -0.1) is 12.4 Å². The molecule has 0 amide bonds. The highest BCUT2D eigenvalue weighted by Crippen LogP contribution is 2.15. The van der Waals surface area contributed by atoms with Gasteiger partial charge in [-0.3, -0.25) is 4.79 Å². The van der Waals surface area contributed by atoms with Crippen LogP contribution in [0.2, 0.25) is 0 Å². The molecular weight excluding hydrogens is 176 g/mol. The lowest BCUT2D eigenvalue weighted by Crippen LogP contribution is -2.02. The molecule has 0 radical (unpaired) electrons. The van der Waals surface area contributed by atoms with Gasteiger partial charge in [0, 0.05) is 6.92 Å². The Morgan fingerprint density at radius 1 is 1.33 bits per heavy atom. The lowest BCUT2D eigenvalue weighted by Gasteiger charge is -2.02. The van der Waals surface area contributed by atoms with Gasteiger partial charge in [0.25, 0.3) is 0 Å². The van der Waals surface area contributed by atoms with Crippen molar-refractivity contribution in [3.8, 4) is 5.75 Å². The van der Waals surface area contributed by atoms with Crippen LogP contribution in [0.1, 0.15) is 12.5 Å². The van der Waals surface area contributed by atoms with Crippen molar-refractivity contribution in [2.75, 3.05) is 0 Å². The number of esters is 1. The summed E-state index contributed by atoms with van der Waals surface area (Å²) < 4.78 is 4.91. The number of hydrogen-bond donors (Lipinski definition) is 0. The van der Waals surface area contributed by atoms with Gasteiger partial charge in [-0.25, -0.2) is 0 Å². The summed E-state index contributed by atoms with van der Waals surface area (Å²) in [5.74, 6) is 0.360. The molecule has 0 heterocycles. The van der Waals surface area contributed by atoms with Crippen molar-refractivity contribution in [3.63, 3.8) is 0 Å². The van der Waals surface area contributed by atoms with Crippen LogP contribution in [-0.4, -0.2) is 5.97 Å². The summed E-state index contributed by atoms with van der Waals surface area (Å²) in [6.45, 7) is 3.30. The molecule has 0 unspecified atom stereocenters. The third kappa shape index (κ3) is 2.93. The predicted molar refractivity (Wildman–Crippen MR) is 49.7 cm³/mol. The first-order valence-corrected chi connectivity index (χ1v) is 3.44. The minimum atomic E-state index is -0.278. The number of carbonyl (C=O) groups is 1. The number of para-hydroxylation sites is 1. The van der Waals surface area contributed by atoms with Crippen LogP contribution in [0, 0.1) is 6.92 Å². The second kappa shape index (κ2) is 4.78. The Labute approximate surface area is 78.0 Å². The van der Waals surface area contributed by atoms with Crippen molar-refractivity contribution in [3.05, 3.63) is 29.8 Å². The number of halogens is 1. The number of ether oxygens (including phenoxy) is 1. The fraction of sp³-hybridized carbons (Fsp3) is 0.222. The molecule has 0 aliphatic heterocycles. The maximum Gasteiger partial charge on any atom is 0.308 e. The summed E-state index contributed by atoms with van der Waals surface area (Å²) in [6.07, 6.45) is 0. The zero-order chi connectivity index (χ0) is 8.27. The molecule has 0 atom stereocenters. The largest absolute Gasteiger partial charge is 0.426 e. The maximum atomic E-state index is 10.5. The van der Waals surface area contributed by atoms with Gasteiger partial charge in [0.2, 0.25) is 0 Å². The molecule has 0 aromatic heterocycles. The monoisotopic (exact) mass is 186 g/mol. The van der Waals surface area contributed by atoms with Crippen LogP contribution in [0.5, 0.6) is 5.75 Å². The smallest absolute Gasteiger partial charge is 0.308 e. The van der Waals surface area contributed by atoms with Crippen LogP contribution in [0.25, 0.3) is 0 Å². The Bertz CT molecular complexity index is 271. The van der Waals surface area contributed by atoms with Gasteiger partial charge in [-0.1, -0.05) is 18.2 Å². The Morgan fingerprint density at radius 2 is 1.92 bits per heavy atom. The van der Waals surface area contributed by atoms with Gasteiger partial charge in [-0.2, -0.15) is 0 Å². The summed E-state index contributed by atoms with van der Waals surface area (Å²) >= 11 is 0. The van der Waals surface area contributed by atoms with Gasteiger partial charge in [-0.05, 0) is 18.6 Å². The quantitative estimate of drug-likeness (QED) is 0.497. The van der Waals surface area contributed by atoms with E-state index in [1.54, 1.807) is 6.07 Å². The molecule has 0 saturated carbocycles. The highest BCUT2D eigenvalue weighted by atomic mass is 35.5. The zero-order valence-corrected chi connectivity index (χ0v) is 7.85. The molecule has 1 rings (SSSR count). The summed E-state index contributed by atoms with van der Waals surface area (Å²) in [5.41, 5.74) is 0.975. The van der Waals surface area contributed by atoms with Crippen LogP contribution in [0.15, 0.2) is 24.3 Å². The summed E-state index contributed by atoms with van der Waals surface area (Å²) in [6, 6.07) is 7.42. The molecule has 0 bridgehead atoms. The molecule has 0 spiro atoms. The Hall–Kier alpha value is -1.02. The van der Waals surface area contributed by atoms with Crippen LogP contribution < -0.4 is 4.74 Å². The van der Waals surface area contributed by atoms with Gasteiger partial charge in [0.05, 0.1) is 0 Å². The van der Waals surface area contributed by atoms with Crippen LogP contribution in [-0.2, 0) is 4.79 Å². The van der Waals surface area contributed by atoms with Crippen molar-refractivity contribution in [2.45, 2.75) is 13.8 Å². The molecule has 66 valence electrons. The summed E-state index contributed by atoms with van der Waals surface area (Å²) in [4.78, 5) is 10.5. The highest BCUT2D eigenvalue weighted by Gasteiger charge is 1.99. The summed E-state index contributed by atoms with van der Waals surface area (Å²) in [7, 11) is 0. The fourth-order valence-corrected chi connectivity index (χ4v) is 0.826. The SMILES string of the molecule is CC(=O)Oc1ccccc1C.Cl. The van der Waals surface area contributed by atoms with E-state index in [-0.39, 0.29) is 18.4 Å². The van der Waals surface area contributed by atoms with Crippen molar-refractivity contribution in [1.29, 1.82) is 0 Å². The Kier molecular flexibility index (Phi) is 4.37. The zero-order valence-electron chi connectivity index (χ0n) is 7.03. The Morgan fingerprint density at radius 3 is 2.42 bits per heavy atom. The minimum absolute atomic E-state index is 0. The number of rotatable bonds is 1. The van der Waals surface area contributed by atoms with Crippen molar-refractivity contribution in [2.24, 2.45) is 0 Å². The van der Waals surface area contributed by atoms with Crippen molar-refractivity contribution < 1.29 is 9.53 Å². The van der Waals surface area contributed by atoms with Crippen LogP contribution >= 0.6 is 12.4 Å². The minimum Gasteiger partial charge on any atom is -0.426 e. The molecule has 2 nitrogen and oxygen atoms in total. The predicted octanol–water partition coefficient (Wildman–Crippen LogP) is 2.34. The molecule has 0 fully saturated rings. The van der Waals surface area contributed by atoms with E-state index < -0.39 is 0 Å². The average Bonchev–Trinajstić information content (AvgIpc) is 1.93. The van der Waals surface area contributed by atoms with Gasteiger partial charge >= 0.3 is 5.97 Å². The fourth-order valence-electron chi connectivity index (χ4n) is 0.826. The lowest BCUT2D eigenvalue weighted by molar-refractivity contribution is -0.131. The Balaban J connectivity index is 0.00000121. The normalized spacial score (nSPS) is 8.50. The van der Waals surface area contributed by atoms with E-state index in [2.05, 4.69) is 0 Å². The van der Waals surface area contributed by atoms with Gasteiger partial charge in [0.1, 0.15) is 5.75 Å². The first kappa shape index (κ1) is 11.0. The van der Waals surface area contributed by atoms with E-state index in [9.17, 15) is 4.79 Å². The molecule has 0 aliphatic carbocycles. The average molecular weight is 187 g/mol. The standard InChI is InChI=1S/C9H10O2.ClH/c1-7-5-3-4-6-9(7)11-8(2)10;/h3-6H,1-2H3;1H. The van der Waals surface area contributed by atoms with Crippen LogP contribution in [0.4, 0.5) is 0 Å². The van der Waals surface area contributed by atoms with E-state index in [1.807, 2.05) is 25.1 Å². The van der Waals surface area contributed by atoms with E-state index in [1.165, 1.54) is 6.92 Å². The molecule has 1 aromatic carbocycles. The molecular formula is C9H11ClO2. The van der Waals surface area contributed by atoms with Crippen LogP contribution in [0.3, 0.4) is 0 Å². The van der Waals surface area contributed by atoms with E-state index in [4.69, 9.17) is 4.74 Å². The molecule has 3 heteroatoms. The number of aryl methyl sites for hydroxylation is 1. The maximum absolute atomic E-state index is 10.5. The van der Waals surface area contributed by atoms with E-state index in [0.717, 1.165) is 5.56 Å². The number of carbonyl (C=O) groups excluding carboxylic acids is 1. The van der Waals surface area contributed by atoms with E-state index >= 15 is 0 Å². The molecule has 0 saturated heterocycles. The second-order valence-corrected chi connectivity index (χ2v) is 2.36. The first-order valence-electron chi connectivity index (χ1n) is 3.44. The third-order valence-electron chi connectivity index (χ3n) is 1.35. The third-order valence-corrected chi connectivity index (χ3v) is 1.35. The molecule has 0 aliphatic rings. The molecule has 12 heavy (non-hydrogen) atoms. The lowest BCUT2D eigenvalue weighted by atomic mass is 10.2. The highest BCUT2D eigenvalue weighted by molar-refractivity contribution is 5.85. The van der Waals surface area contributed by atoms with E-state index in [0.29, 0.717) is 5.75 Å². The first-order chi connectivity index (χ1) is 5.20.